The third-order valence-corrected chi connectivity index (χ3v) is 5.63. The lowest BCUT2D eigenvalue weighted by Crippen LogP contribution is -2.59. The molecule has 1 fully saturated rings. The first-order chi connectivity index (χ1) is 13.4. The van der Waals surface area contributed by atoms with Crippen molar-refractivity contribution in [2.24, 2.45) is 0 Å². The van der Waals surface area contributed by atoms with Crippen LogP contribution in [0.25, 0.3) is 0 Å². The van der Waals surface area contributed by atoms with Gasteiger partial charge in [0.25, 0.3) is 0 Å². The molecule has 4 heteroatoms. The van der Waals surface area contributed by atoms with Gasteiger partial charge in [0, 0.05) is 24.2 Å². The topological polar surface area (TPSA) is 41.6 Å². The first kappa shape index (κ1) is 20.4. The molecule has 1 N–H and O–H groups in total. The molecule has 2 aromatic carbocycles. The number of rotatable bonds is 5. The second kappa shape index (κ2) is 8.78. The molecule has 0 radical (unpaired) electrons. The van der Waals surface area contributed by atoms with Crippen molar-refractivity contribution >= 4 is 6.09 Å². The number of benzene rings is 2. The standard InChI is InChI=1S/C24H32N2O2/c1-23(2,3)26-16-14-24(15-17-26,18-20-10-6-4-7-11-20)25-22(27)28-19-21-12-8-5-9-13-21/h4-13H,14-19H2,1-3H3,(H,25,27). The highest BCUT2D eigenvalue weighted by atomic mass is 16.5. The zero-order valence-electron chi connectivity index (χ0n) is 17.3. The fourth-order valence-corrected chi connectivity index (χ4v) is 3.91. The van der Waals surface area contributed by atoms with Crippen LogP contribution >= 0.6 is 0 Å². The number of carbonyl (C=O) groups is 1. The van der Waals surface area contributed by atoms with Gasteiger partial charge in [0.05, 0.1) is 0 Å². The van der Waals surface area contributed by atoms with E-state index in [1.807, 2.05) is 36.4 Å². The van der Waals surface area contributed by atoms with Crippen LogP contribution in [0.15, 0.2) is 60.7 Å². The minimum Gasteiger partial charge on any atom is -0.445 e. The van der Waals surface area contributed by atoms with Gasteiger partial charge in [0.2, 0.25) is 0 Å². The molecule has 2 aromatic rings. The molecule has 0 aliphatic carbocycles. The lowest BCUT2D eigenvalue weighted by molar-refractivity contribution is 0.0568. The quantitative estimate of drug-likeness (QED) is 0.811. The van der Waals surface area contributed by atoms with Crippen molar-refractivity contribution in [2.45, 2.75) is 57.7 Å². The van der Waals surface area contributed by atoms with Crippen LogP contribution in [0.1, 0.15) is 44.7 Å². The van der Waals surface area contributed by atoms with E-state index in [2.05, 4.69) is 55.3 Å². The molecule has 1 aliphatic heterocycles. The molecule has 150 valence electrons. The summed E-state index contributed by atoms with van der Waals surface area (Å²) < 4.78 is 5.52. The van der Waals surface area contributed by atoms with Gasteiger partial charge in [-0.1, -0.05) is 60.7 Å². The molecule has 1 heterocycles. The fraction of sp³-hybridized carbons (Fsp3) is 0.458. The number of piperidine rings is 1. The Bertz CT molecular complexity index is 745. The lowest BCUT2D eigenvalue weighted by Gasteiger charge is -2.46. The van der Waals surface area contributed by atoms with Gasteiger partial charge in [-0.3, -0.25) is 4.90 Å². The van der Waals surface area contributed by atoms with E-state index in [1.54, 1.807) is 0 Å². The van der Waals surface area contributed by atoms with E-state index in [0.717, 1.165) is 37.9 Å². The predicted molar refractivity (Wildman–Crippen MR) is 113 cm³/mol. The van der Waals surface area contributed by atoms with Gasteiger partial charge < -0.3 is 10.1 Å². The van der Waals surface area contributed by atoms with Crippen LogP contribution in [0.2, 0.25) is 0 Å². The number of carbonyl (C=O) groups excluding carboxylic acids is 1. The molecule has 3 rings (SSSR count). The van der Waals surface area contributed by atoms with Gasteiger partial charge >= 0.3 is 6.09 Å². The van der Waals surface area contributed by atoms with Crippen molar-refractivity contribution in [2.75, 3.05) is 13.1 Å². The van der Waals surface area contributed by atoms with Crippen LogP contribution in [0.4, 0.5) is 4.79 Å². The van der Waals surface area contributed by atoms with E-state index in [1.165, 1.54) is 5.56 Å². The average molecular weight is 381 g/mol. The fourth-order valence-electron chi connectivity index (χ4n) is 3.91. The van der Waals surface area contributed by atoms with Crippen LogP contribution in [-0.2, 0) is 17.8 Å². The van der Waals surface area contributed by atoms with Crippen molar-refractivity contribution in [1.82, 2.24) is 10.2 Å². The summed E-state index contributed by atoms with van der Waals surface area (Å²) in [6, 6.07) is 20.2. The van der Waals surface area contributed by atoms with E-state index in [4.69, 9.17) is 4.74 Å². The maximum atomic E-state index is 12.6. The average Bonchev–Trinajstić information content (AvgIpc) is 2.67. The normalized spacial score (nSPS) is 17.1. The summed E-state index contributed by atoms with van der Waals surface area (Å²) in [4.78, 5) is 15.1. The molecular weight excluding hydrogens is 348 g/mol. The summed E-state index contributed by atoms with van der Waals surface area (Å²) in [5, 5.41) is 3.24. The summed E-state index contributed by atoms with van der Waals surface area (Å²) in [5.41, 5.74) is 2.12. The van der Waals surface area contributed by atoms with Crippen LogP contribution < -0.4 is 5.32 Å². The Labute approximate surface area is 168 Å². The van der Waals surface area contributed by atoms with Crippen LogP contribution in [0, 0.1) is 0 Å². The molecule has 0 atom stereocenters. The van der Waals surface area contributed by atoms with Crippen LogP contribution in [0.5, 0.6) is 0 Å². The molecule has 0 unspecified atom stereocenters. The minimum absolute atomic E-state index is 0.146. The summed E-state index contributed by atoms with van der Waals surface area (Å²) in [7, 11) is 0. The number of alkyl carbamates (subject to hydrolysis) is 1. The van der Waals surface area contributed by atoms with Crippen LogP contribution in [0.3, 0.4) is 0 Å². The highest BCUT2D eigenvalue weighted by Gasteiger charge is 2.39. The molecule has 0 spiro atoms. The molecule has 0 bridgehead atoms. The highest BCUT2D eigenvalue weighted by molar-refractivity contribution is 5.68. The molecule has 4 nitrogen and oxygen atoms in total. The van der Waals surface area contributed by atoms with E-state index in [9.17, 15) is 4.79 Å². The highest BCUT2D eigenvalue weighted by Crippen LogP contribution is 2.30. The van der Waals surface area contributed by atoms with Crippen LogP contribution in [-0.4, -0.2) is 35.2 Å². The SMILES string of the molecule is CC(C)(C)N1CCC(Cc2ccccc2)(NC(=O)OCc2ccccc2)CC1. The number of hydrogen-bond acceptors (Lipinski definition) is 3. The Morgan fingerprint density at radius 3 is 2.04 bits per heavy atom. The van der Waals surface area contributed by atoms with Crippen molar-refractivity contribution in [3.05, 3.63) is 71.8 Å². The number of nitrogens with one attached hydrogen (secondary N) is 1. The third kappa shape index (κ3) is 5.59. The second-order valence-corrected chi connectivity index (χ2v) is 8.79. The summed E-state index contributed by atoms with van der Waals surface area (Å²) in [6.07, 6.45) is 2.33. The molecule has 1 amide bonds. The van der Waals surface area contributed by atoms with Gasteiger partial charge in [-0.15, -0.1) is 0 Å². The molecule has 28 heavy (non-hydrogen) atoms. The molecule has 0 saturated carbocycles. The van der Waals surface area contributed by atoms with Gasteiger partial charge in [-0.2, -0.15) is 0 Å². The van der Waals surface area contributed by atoms with E-state index >= 15 is 0 Å². The zero-order valence-corrected chi connectivity index (χ0v) is 17.3. The second-order valence-electron chi connectivity index (χ2n) is 8.79. The van der Waals surface area contributed by atoms with Crippen molar-refractivity contribution in [3.63, 3.8) is 0 Å². The number of ether oxygens (including phenoxy) is 1. The Morgan fingerprint density at radius 2 is 1.50 bits per heavy atom. The Hall–Kier alpha value is -2.33. The molecular formula is C24H32N2O2. The minimum atomic E-state index is -0.330. The first-order valence-electron chi connectivity index (χ1n) is 10.1. The van der Waals surface area contributed by atoms with Crippen molar-refractivity contribution in [3.8, 4) is 0 Å². The predicted octanol–water partition coefficient (Wildman–Crippen LogP) is 4.79. The summed E-state index contributed by atoms with van der Waals surface area (Å²) >= 11 is 0. The van der Waals surface area contributed by atoms with E-state index < -0.39 is 0 Å². The monoisotopic (exact) mass is 380 g/mol. The lowest BCUT2D eigenvalue weighted by atomic mass is 9.80. The van der Waals surface area contributed by atoms with Gasteiger partial charge in [0.1, 0.15) is 6.61 Å². The van der Waals surface area contributed by atoms with Gasteiger partial charge in [0.15, 0.2) is 0 Å². The van der Waals surface area contributed by atoms with Gasteiger partial charge in [-0.05, 0) is 51.2 Å². The largest absolute Gasteiger partial charge is 0.445 e. The first-order valence-corrected chi connectivity index (χ1v) is 10.1. The molecule has 0 aromatic heterocycles. The van der Waals surface area contributed by atoms with Crippen molar-refractivity contribution in [1.29, 1.82) is 0 Å². The summed E-state index contributed by atoms with van der Waals surface area (Å²) in [5.74, 6) is 0. The maximum Gasteiger partial charge on any atom is 0.407 e. The summed E-state index contributed by atoms with van der Waals surface area (Å²) in [6.45, 7) is 8.98. The molecule has 1 aliphatic rings. The van der Waals surface area contributed by atoms with E-state index in [-0.39, 0.29) is 17.2 Å². The Kier molecular flexibility index (Phi) is 6.40. The number of nitrogens with zero attached hydrogens (tertiary/aromatic N) is 1. The van der Waals surface area contributed by atoms with Gasteiger partial charge in [-0.25, -0.2) is 4.79 Å². The number of amides is 1. The number of likely N-dealkylation sites (tertiary alicyclic amines) is 1. The zero-order chi connectivity index (χ0) is 20.0. The third-order valence-electron chi connectivity index (χ3n) is 5.63. The molecule has 1 saturated heterocycles. The smallest absolute Gasteiger partial charge is 0.407 e. The Morgan fingerprint density at radius 1 is 0.964 bits per heavy atom. The van der Waals surface area contributed by atoms with E-state index in [0.29, 0.717) is 6.61 Å². The number of hydrogen-bond donors (Lipinski definition) is 1. The Balaban J connectivity index is 1.67. The maximum absolute atomic E-state index is 12.6. The van der Waals surface area contributed by atoms with Crippen molar-refractivity contribution < 1.29 is 9.53 Å².